The first-order valence-electron chi connectivity index (χ1n) is 4.61. The third-order valence-electron chi connectivity index (χ3n) is 2.21. The van der Waals surface area contributed by atoms with E-state index in [0.29, 0.717) is 0 Å². The second-order valence-corrected chi connectivity index (χ2v) is 4.35. The quantitative estimate of drug-likeness (QED) is 0.907. The molecule has 0 radical (unpaired) electrons. The predicted octanol–water partition coefficient (Wildman–Crippen LogP) is 2.48. The molecule has 2 aromatic rings. The van der Waals surface area contributed by atoms with Crippen LogP contribution in [0.2, 0.25) is 0 Å². The van der Waals surface area contributed by atoms with E-state index in [-0.39, 0.29) is 5.88 Å². The van der Waals surface area contributed by atoms with Crippen LogP contribution in [0, 0.1) is 0 Å². The van der Waals surface area contributed by atoms with E-state index in [1.807, 2.05) is 35.9 Å². The molecule has 0 amide bonds. The highest BCUT2D eigenvalue weighted by molar-refractivity contribution is 9.10. The van der Waals surface area contributed by atoms with Gasteiger partial charge in [0.25, 0.3) is 0 Å². The van der Waals surface area contributed by atoms with Crippen molar-refractivity contribution in [3.63, 3.8) is 0 Å². The van der Waals surface area contributed by atoms with Crippen molar-refractivity contribution in [2.45, 2.75) is 6.42 Å². The van der Waals surface area contributed by atoms with E-state index in [2.05, 4.69) is 20.9 Å². The first-order chi connectivity index (χ1) is 7.15. The molecule has 0 saturated carbocycles. The highest BCUT2D eigenvalue weighted by atomic mass is 79.9. The van der Waals surface area contributed by atoms with Gasteiger partial charge in [-0.1, -0.05) is 28.1 Å². The number of hydrogen-bond acceptors (Lipinski definition) is 2. The van der Waals surface area contributed by atoms with E-state index in [4.69, 9.17) is 0 Å². The molecule has 4 heteroatoms. The summed E-state index contributed by atoms with van der Waals surface area (Å²) in [4.78, 5) is 4.04. The van der Waals surface area contributed by atoms with Crippen LogP contribution in [-0.2, 0) is 13.5 Å². The maximum absolute atomic E-state index is 9.23. The fourth-order valence-electron chi connectivity index (χ4n) is 1.48. The molecule has 2 rings (SSSR count). The third kappa shape index (κ3) is 2.39. The number of aryl methyl sites for hydroxylation is 1. The van der Waals surface area contributed by atoms with Crippen molar-refractivity contribution < 1.29 is 5.11 Å². The van der Waals surface area contributed by atoms with Crippen molar-refractivity contribution in [1.29, 1.82) is 0 Å². The molecule has 1 aromatic carbocycles. The van der Waals surface area contributed by atoms with Gasteiger partial charge < -0.3 is 9.67 Å². The van der Waals surface area contributed by atoms with Crippen LogP contribution >= 0.6 is 15.9 Å². The highest BCUT2D eigenvalue weighted by Crippen LogP contribution is 2.16. The zero-order valence-electron chi connectivity index (χ0n) is 8.31. The molecular weight excluding hydrogens is 256 g/mol. The SMILES string of the molecule is Cn1cc(O)nc1Cc1cccc(Br)c1. The number of benzene rings is 1. The number of aromatic hydroxyl groups is 1. The Morgan fingerprint density at radius 1 is 1.47 bits per heavy atom. The lowest BCUT2D eigenvalue weighted by molar-refractivity contribution is 0.455. The van der Waals surface area contributed by atoms with Crippen molar-refractivity contribution >= 4 is 15.9 Å². The molecule has 15 heavy (non-hydrogen) atoms. The summed E-state index contributed by atoms with van der Waals surface area (Å²) in [6.07, 6.45) is 2.32. The van der Waals surface area contributed by atoms with Gasteiger partial charge in [-0.15, -0.1) is 0 Å². The van der Waals surface area contributed by atoms with E-state index in [0.717, 1.165) is 22.3 Å². The molecule has 1 N–H and O–H groups in total. The number of imidazole rings is 1. The number of nitrogens with zero attached hydrogens (tertiary/aromatic N) is 2. The number of hydrogen-bond donors (Lipinski definition) is 1. The third-order valence-corrected chi connectivity index (χ3v) is 2.70. The number of halogens is 1. The van der Waals surface area contributed by atoms with Crippen molar-refractivity contribution in [3.8, 4) is 5.88 Å². The Hall–Kier alpha value is -1.29. The van der Waals surface area contributed by atoms with Crippen LogP contribution in [0.25, 0.3) is 0 Å². The molecule has 0 fully saturated rings. The second kappa shape index (κ2) is 4.06. The van der Waals surface area contributed by atoms with Crippen molar-refractivity contribution in [1.82, 2.24) is 9.55 Å². The number of rotatable bonds is 2. The van der Waals surface area contributed by atoms with Gasteiger partial charge >= 0.3 is 0 Å². The van der Waals surface area contributed by atoms with Crippen LogP contribution in [0.4, 0.5) is 0 Å². The van der Waals surface area contributed by atoms with Gasteiger partial charge in [-0.05, 0) is 17.7 Å². The van der Waals surface area contributed by atoms with E-state index in [1.54, 1.807) is 6.20 Å². The van der Waals surface area contributed by atoms with Crippen LogP contribution < -0.4 is 0 Å². The lowest BCUT2D eigenvalue weighted by Gasteiger charge is -2.01. The molecule has 1 heterocycles. The maximum Gasteiger partial charge on any atom is 0.229 e. The minimum atomic E-state index is 0.0718. The van der Waals surface area contributed by atoms with Crippen LogP contribution in [0.3, 0.4) is 0 Å². The van der Waals surface area contributed by atoms with E-state index < -0.39 is 0 Å². The average molecular weight is 267 g/mol. The molecule has 0 saturated heterocycles. The zero-order chi connectivity index (χ0) is 10.8. The molecular formula is C11H11BrN2O. The molecule has 1 aromatic heterocycles. The molecule has 3 nitrogen and oxygen atoms in total. The highest BCUT2D eigenvalue weighted by Gasteiger charge is 2.05. The molecule has 0 aliphatic carbocycles. The van der Waals surface area contributed by atoms with Gasteiger partial charge in [-0.25, -0.2) is 0 Å². The smallest absolute Gasteiger partial charge is 0.229 e. The van der Waals surface area contributed by atoms with Gasteiger partial charge in [0, 0.05) is 17.9 Å². The molecule has 78 valence electrons. The van der Waals surface area contributed by atoms with E-state index >= 15 is 0 Å². The monoisotopic (exact) mass is 266 g/mol. The lowest BCUT2D eigenvalue weighted by Crippen LogP contribution is -1.98. The topological polar surface area (TPSA) is 38.0 Å². The van der Waals surface area contributed by atoms with Crippen LogP contribution in [0.15, 0.2) is 34.9 Å². The van der Waals surface area contributed by atoms with Gasteiger partial charge in [0.15, 0.2) is 0 Å². The minimum absolute atomic E-state index is 0.0718. The maximum atomic E-state index is 9.23. The number of aromatic nitrogens is 2. The predicted molar refractivity (Wildman–Crippen MR) is 61.8 cm³/mol. The average Bonchev–Trinajstić information content (AvgIpc) is 2.45. The van der Waals surface area contributed by atoms with Crippen molar-refractivity contribution in [2.24, 2.45) is 7.05 Å². The second-order valence-electron chi connectivity index (χ2n) is 3.43. The largest absolute Gasteiger partial charge is 0.492 e. The normalized spacial score (nSPS) is 10.5. The van der Waals surface area contributed by atoms with Crippen LogP contribution in [0.5, 0.6) is 5.88 Å². The Balaban J connectivity index is 2.25. The standard InChI is InChI=1S/C11H11BrN2O/c1-14-7-11(15)13-10(14)6-8-3-2-4-9(12)5-8/h2-5,7,15H,6H2,1H3. The van der Waals surface area contributed by atoms with Gasteiger partial charge in [0.05, 0.1) is 6.20 Å². The summed E-state index contributed by atoms with van der Waals surface area (Å²) in [6, 6.07) is 8.06. The van der Waals surface area contributed by atoms with Crippen LogP contribution in [-0.4, -0.2) is 14.7 Å². The van der Waals surface area contributed by atoms with Gasteiger partial charge in [0.1, 0.15) is 5.82 Å². The summed E-state index contributed by atoms with van der Waals surface area (Å²) in [6.45, 7) is 0. The minimum Gasteiger partial charge on any atom is -0.492 e. The van der Waals surface area contributed by atoms with E-state index in [9.17, 15) is 5.11 Å². The van der Waals surface area contributed by atoms with Crippen molar-refractivity contribution in [2.75, 3.05) is 0 Å². The van der Waals surface area contributed by atoms with Crippen molar-refractivity contribution in [3.05, 3.63) is 46.3 Å². The first-order valence-corrected chi connectivity index (χ1v) is 5.40. The summed E-state index contributed by atoms with van der Waals surface area (Å²) >= 11 is 3.42. The van der Waals surface area contributed by atoms with Crippen LogP contribution in [0.1, 0.15) is 11.4 Å². The molecule has 0 bridgehead atoms. The summed E-state index contributed by atoms with van der Waals surface area (Å²) in [5.41, 5.74) is 1.16. The van der Waals surface area contributed by atoms with Gasteiger partial charge in [-0.3, -0.25) is 0 Å². The summed E-state index contributed by atoms with van der Waals surface area (Å²) in [5, 5.41) is 9.23. The molecule has 0 aliphatic heterocycles. The Bertz CT molecular complexity index is 479. The summed E-state index contributed by atoms with van der Waals surface area (Å²) in [5.74, 6) is 0.924. The summed E-state index contributed by atoms with van der Waals surface area (Å²) in [7, 11) is 1.88. The summed E-state index contributed by atoms with van der Waals surface area (Å²) < 4.78 is 2.88. The Morgan fingerprint density at radius 2 is 2.27 bits per heavy atom. The van der Waals surface area contributed by atoms with Gasteiger partial charge in [0.2, 0.25) is 5.88 Å². The Kier molecular flexibility index (Phi) is 2.77. The van der Waals surface area contributed by atoms with E-state index in [1.165, 1.54) is 0 Å². The molecule has 0 aliphatic rings. The Labute approximate surface area is 96.5 Å². The molecule has 0 unspecified atom stereocenters. The lowest BCUT2D eigenvalue weighted by atomic mass is 10.1. The van der Waals surface area contributed by atoms with Gasteiger partial charge in [-0.2, -0.15) is 4.98 Å². The molecule has 0 atom stereocenters. The Morgan fingerprint density at radius 3 is 2.87 bits per heavy atom. The zero-order valence-corrected chi connectivity index (χ0v) is 9.90. The molecule has 0 spiro atoms. The fourth-order valence-corrected chi connectivity index (χ4v) is 1.93. The first kappa shape index (κ1) is 10.2. The fraction of sp³-hybridized carbons (Fsp3) is 0.182.